The highest BCUT2D eigenvalue weighted by molar-refractivity contribution is 6.14. The monoisotopic (exact) mass is 469 g/mol. The van der Waals surface area contributed by atoms with Crippen molar-refractivity contribution in [3.8, 4) is 5.75 Å². The lowest BCUT2D eigenvalue weighted by molar-refractivity contribution is 0.0662. The standard InChI is InChI=1S/C29H31N3O3/c1-6-22-23(30-24(19-14-10-8-11-15-19)20-16-12-9-13-17-20)18-21-26(35-29(3,4)7-2)25(28(33)34)32(5)27(21)31-22/h8-18H,6-7H2,1-5H3,(H,33,34). The Kier molecular flexibility index (Phi) is 6.74. The maximum Gasteiger partial charge on any atom is 0.356 e. The molecule has 1 N–H and O–H groups in total. The molecule has 0 radical (unpaired) electrons. The maximum absolute atomic E-state index is 12.2. The Morgan fingerprint density at radius 2 is 1.60 bits per heavy atom. The number of aromatic carboxylic acids is 1. The molecule has 4 aromatic rings. The van der Waals surface area contributed by atoms with E-state index < -0.39 is 11.6 Å². The second-order valence-corrected chi connectivity index (χ2v) is 9.13. The Labute approximate surface area is 205 Å². The van der Waals surface area contributed by atoms with E-state index in [0.717, 1.165) is 29.0 Å². The maximum atomic E-state index is 12.2. The first-order valence-corrected chi connectivity index (χ1v) is 11.9. The van der Waals surface area contributed by atoms with E-state index in [-0.39, 0.29) is 5.69 Å². The molecule has 0 aliphatic heterocycles. The molecule has 0 atom stereocenters. The number of aryl methyl sites for hydroxylation is 2. The summed E-state index contributed by atoms with van der Waals surface area (Å²) in [6, 6.07) is 22.0. The van der Waals surface area contributed by atoms with Gasteiger partial charge in [-0.1, -0.05) is 74.5 Å². The van der Waals surface area contributed by atoms with E-state index in [0.29, 0.717) is 28.9 Å². The zero-order valence-electron chi connectivity index (χ0n) is 20.9. The summed E-state index contributed by atoms with van der Waals surface area (Å²) >= 11 is 0. The van der Waals surface area contributed by atoms with Gasteiger partial charge in [-0.25, -0.2) is 14.8 Å². The van der Waals surface area contributed by atoms with Gasteiger partial charge in [-0.3, -0.25) is 0 Å². The summed E-state index contributed by atoms with van der Waals surface area (Å²) in [5, 5.41) is 10.6. The Bertz CT molecular complexity index is 1350. The van der Waals surface area contributed by atoms with Gasteiger partial charge in [-0.05, 0) is 32.8 Å². The van der Waals surface area contributed by atoms with Crippen LogP contribution in [0.15, 0.2) is 71.7 Å². The number of benzene rings is 2. The van der Waals surface area contributed by atoms with Crippen molar-refractivity contribution in [2.24, 2.45) is 12.0 Å². The average Bonchev–Trinajstić information content (AvgIpc) is 3.12. The number of fused-ring (bicyclic) bond motifs is 1. The van der Waals surface area contributed by atoms with Crippen molar-refractivity contribution in [3.63, 3.8) is 0 Å². The molecule has 6 heteroatoms. The van der Waals surface area contributed by atoms with Gasteiger partial charge in [0.1, 0.15) is 11.2 Å². The fourth-order valence-corrected chi connectivity index (χ4v) is 4.00. The van der Waals surface area contributed by atoms with Gasteiger partial charge in [0.25, 0.3) is 0 Å². The van der Waals surface area contributed by atoms with Crippen LogP contribution in [0.3, 0.4) is 0 Å². The summed E-state index contributed by atoms with van der Waals surface area (Å²) < 4.78 is 7.89. The fraction of sp³-hybridized carbons (Fsp3) is 0.276. The quantitative estimate of drug-likeness (QED) is 0.296. The summed E-state index contributed by atoms with van der Waals surface area (Å²) in [6.45, 7) is 7.94. The second kappa shape index (κ2) is 9.74. The number of aromatic nitrogens is 2. The average molecular weight is 470 g/mol. The minimum absolute atomic E-state index is 0.0866. The van der Waals surface area contributed by atoms with E-state index in [2.05, 4.69) is 0 Å². The molecule has 0 bridgehead atoms. The molecule has 6 nitrogen and oxygen atoms in total. The van der Waals surface area contributed by atoms with E-state index in [1.54, 1.807) is 11.6 Å². The van der Waals surface area contributed by atoms with E-state index in [1.807, 2.05) is 94.4 Å². The predicted octanol–water partition coefficient (Wildman–Crippen LogP) is 6.57. The van der Waals surface area contributed by atoms with Crippen molar-refractivity contribution in [2.45, 2.75) is 46.1 Å². The highest BCUT2D eigenvalue weighted by Crippen LogP contribution is 2.38. The van der Waals surface area contributed by atoms with Crippen molar-refractivity contribution in [3.05, 3.63) is 89.2 Å². The lowest BCUT2D eigenvalue weighted by atomic mass is 10.0. The molecule has 2 aromatic heterocycles. The van der Waals surface area contributed by atoms with E-state index in [1.165, 1.54) is 0 Å². The molecule has 35 heavy (non-hydrogen) atoms. The molecule has 180 valence electrons. The number of rotatable bonds is 8. The summed E-state index contributed by atoms with van der Waals surface area (Å²) in [6.07, 6.45) is 1.37. The van der Waals surface area contributed by atoms with E-state index in [9.17, 15) is 9.90 Å². The summed E-state index contributed by atoms with van der Waals surface area (Å²) in [5.74, 6) is -0.723. The smallest absolute Gasteiger partial charge is 0.356 e. The zero-order valence-corrected chi connectivity index (χ0v) is 20.9. The number of hydrogen-bond donors (Lipinski definition) is 1. The molecular formula is C29H31N3O3. The normalized spacial score (nSPS) is 11.5. The molecule has 0 saturated carbocycles. The third-order valence-electron chi connectivity index (χ3n) is 6.27. The van der Waals surface area contributed by atoms with Crippen LogP contribution in [-0.4, -0.2) is 31.9 Å². The molecule has 0 saturated heterocycles. The Morgan fingerprint density at radius 1 is 1.03 bits per heavy atom. The van der Waals surface area contributed by atoms with Crippen LogP contribution >= 0.6 is 0 Å². The van der Waals surface area contributed by atoms with Gasteiger partial charge in [0.15, 0.2) is 11.4 Å². The third kappa shape index (κ3) is 4.83. The second-order valence-electron chi connectivity index (χ2n) is 9.13. The number of carboxylic acids is 1. The first kappa shape index (κ1) is 24.2. The number of ether oxygens (including phenoxy) is 1. The van der Waals surface area contributed by atoms with Crippen molar-refractivity contribution < 1.29 is 14.6 Å². The highest BCUT2D eigenvalue weighted by Gasteiger charge is 2.29. The number of nitrogens with zero attached hydrogens (tertiary/aromatic N) is 3. The van der Waals surface area contributed by atoms with Gasteiger partial charge < -0.3 is 14.4 Å². The number of aliphatic imine (C=N–C) groups is 1. The molecule has 0 fully saturated rings. The van der Waals surface area contributed by atoms with Crippen molar-refractivity contribution in [1.29, 1.82) is 0 Å². The van der Waals surface area contributed by atoms with Crippen LogP contribution in [0.2, 0.25) is 0 Å². The van der Waals surface area contributed by atoms with Crippen LogP contribution < -0.4 is 4.74 Å². The molecule has 0 aliphatic rings. The largest absolute Gasteiger partial charge is 0.485 e. The summed E-state index contributed by atoms with van der Waals surface area (Å²) in [4.78, 5) is 22.2. The topological polar surface area (TPSA) is 76.7 Å². The molecular weight excluding hydrogens is 438 g/mol. The SMILES string of the molecule is CCc1nc2c(cc1N=C(c1ccccc1)c1ccccc1)c(OC(C)(C)CC)c(C(=O)O)n2C. The van der Waals surface area contributed by atoms with Crippen LogP contribution in [-0.2, 0) is 13.5 Å². The Balaban J connectivity index is 2.01. The molecule has 0 aliphatic carbocycles. The molecule has 2 heterocycles. The van der Waals surface area contributed by atoms with Crippen LogP contribution in [0.5, 0.6) is 5.75 Å². The third-order valence-corrected chi connectivity index (χ3v) is 6.27. The predicted molar refractivity (Wildman–Crippen MR) is 140 cm³/mol. The van der Waals surface area contributed by atoms with Crippen molar-refractivity contribution in [2.75, 3.05) is 0 Å². The lowest BCUT2D eigenvalue weighted by Crippen LogP contribution is -2.27. The van der Waals surface area contributed by atoms with Crippen molar-refractivity contribution >= 4 is 28.4 Å². The molecule has 4 rings (SSSR count). The van der Waals surface area contributed by atoms with Crippen LogP contribution in [0.1, 0.15) is 61.4 Å². The molecule has 0 spiro atoms. The number of hydrogen-bond acceptors (Lipinski definition) is 4. The Morgan fingerprint density at radius 3 is 2.09 bits per heavy atom. The van der Waals surface area contributed by atoms with Crippen LogP contribution in [0.4, 0.5) is 5.69 Å². The molecule has 0 unspecified atom stereocenters. The summed E-state index contributed by atoms with van der Waals surface area (Å²) in [5.41, 5.74) is 4.42. The van der Waals surface area contributed by atoms with Crippen LogP contribution in [0.25, 0.3) is 11.0 Å². The highest BCUT2D eigenvalue weighted by atomic mass is 16.5. The number of carbonyl (C=O) groups is 1. The summed E-state index contributed by atoms with van der Waals surface area (Å²) in [7, 11) is 1.71. The Hall–Kier alpha value is -3.93. The van der Waals surface area contributed by atoms with E-state index in [4.69, 9.17) is 14.7 Å². The molecule has 0 amide bonds. The fourth-order valence-electron chi connectivity index (χ4n) is 4.00. The first-order valence-electron chi connectivity index (χ1n) is 11.9. The lowest BCUT2D eigenvalue weighted by Gasteiger charge is -2.25. The van der Waals surface area contributed by atoms with E-state index >= 15 is 0 Å². The number of carboxylic acid groups (broad SMARTS) is 1. The van der Waals surface area contributed by atoms with Crippen molar-refractivity contribution in [1.82, 2.24) is 9.55 Å². The van der Waals surface area contributed by atoms with Gasteiger partial charge in [0.05, 0.1) is 22.5 Å². The van der Waals surface area contributed by atoms with Gasteiger partial charge in [-0.2, -0.15) is 0 Å². The number of pyridine rings is 1. The zero-order chi connectivity index (χ0) is 25.2. The van der Waals surface area contributed by atoms with Gasteiger partial charge >= 0.3 is 5.97 Å². The molecule has 2 aromatic carbocycles. The van der Waals surface area contributed by atoms with Gasteiger partial charge in [0.2, 0.25) is 0 Å². The minimum atomic E-state index is -1.05. The minimum Gasteiger partial charge on any atom is -0.485 e. The van der Waals surface area contributed by atoms with Crippen LogP contribution in [0, 0.1) is 0 Å². The van der Waals surface area contributed by atoms with Gasteiger partial charge in [-0.15, -0.1) is 0 Å². The first-order chi connectivity index (χ1) is 16.8. The van der Waals surface area contributed by atoms with Gasteiger partial charge in [0, 0.05) is 18.2 Å².